The maximum Gasteiger partial charge on any atom is 0.264 e. The number of hydrogen-bond donors (Lipinski definition) is 1. The molecule has 44 heavy (non-hydrogen) atoms. The van der Waals surface area contributed by atoms with Crippen molar-refractivity contribution in [1.29, 1.82) is 5.26 Å². The number of anilines is 1. The van der Waals surface area contributed by atoms with Gasteiger partial charge < -0.3 is 20.1 Å². The highest BCUT2D eigenvalue weighted by molar-refractivity contribution is 5.99. The van der Waals surface area contributed by atoms with Crippen LogP contribution in [0.3, 0.4) is 0 Å². The lowest BCUT2D eigenvalue weighted by Crippen LogP contribution is -2.39. The van der Waals surface area contributed by atoms with Crippen molar-refractivity contribution in [3.63, 3.8) is 0 Å². The number of amides is 1. The van der Waals surface area contributed by atoms with Gasteiger partial charge >= 0.3 is 0 Å². The molecule has 0 spiro atoms. The second kappa shape index (κ2) is 12.3. The maximum absolute atomic E-state index is 15.5. The number of hydrogen-bond acceptors (Lipinski definition) is 8. The molecule has 0 unspecified atom stereocenters. The van der Waals surface area contributed by atoms with Gasteiger partial charge in [0.25, 0.3) is 5.91 Å². The van der Waals surface area contributed by atoms with Crippen LogP contribution in [0.1, 0.15) is 33.6 Å². The first-order chi connectivity index (χ1) is 21.0. The van der Waals surface area contributed by atoms with E-state index in [4.69, 9.17) is 15.2 Å². The molecule has 2 aromatic heterocycles. The largest absolute Gasteiger partial charge is 0.454 e. The molecule has 3 heterocycles. The number of nitrogens with zero attached hydrogens (tertiary/aromatic N) is 6. The molecule has 0 saturated carbocycles. The van der Waals surface area contributed by atoms with Gasteiger partial charge in [-0.3, -0.25) is 4.79 Å². The monoisotopic (exact) mass is 605 g/mol. The Morgan fingerprint density at radius 2 is 2.00 bits per heavy atom. The Kier molecular flexibility index (Phi) is 8.55. The van der Waals surface area contributed by atoms with E-state index in [0.29, 0.717) is 30.6 Å². The second-order valence-electron chi connectivity index (χ2n) is 10.8. The van der Waals surface area contributed by atoms with Crippen LogP contribution in [0.2, 0.25) is 0 Å². The van der Waals surface area contributed by atoms with Gasteiger partial charge in [-0.25, -0.2) is 23.4 Å². The van der Waals surface area contributed by atoms with Gasteiger partial charge in [-0.1, -0.05) is 6.07 Å². The van der Waals surface area contributed by atoms with Crippen molar-refractivity contribution < 1.29 is 27.4 Å². The van der Waals surface area contributed by atoms with Crippen molar-refractivity contribution in [2.75, 3.05) is 18.9 Å². The van der Waals surface area contributed by atoms with Crippen molar-refractivity contribution in [2.45, 2.75) is 51.8 Å². The summed E-state index contributed by atoms with van der Waals surface area (Å²) in [6.07, 6.45) is 4.16. The summed E-state index contributed by atoms with van der Waals surface area (Å²) in [7, 11) is 0. The van der Waals surface area contributed by atoms with Crippen LogP contribution in [-0.4, -0.2) is 55.4 Å². The number of nitriles is 1. The summed E-state index contributed by atoms with van der Waals surface area (Å²) >= 11 is 0. The fourth-order valence-electron chi connectivity index (χ4n) is 5.34. The fraction of sp³-hybridized carbons (Fsp3) is 0.323. The molecule has 1 aliphatic rings. The second-order valence-corrected chi connectivity index (χ2v) is 10.8. The van der Waals surface area contributed by atoms with Crippen LogP contribution < -0.4 is 10.5 Å². The molecular formula is C31H30F3N7O3. The van der Waals surface area contributed by atoms with Crippen LogP contribution >= 0.6 is 0 Å². The summed E-state index contributed by atoms with van der Waals surface area (Å²) in [6.45, 7) is 6.46. The first kappa shape index (κ1) is 30.5. The van der Waals surface area contributed by atoms with E-state index < -0.39 is 34.7 Å². The minimum absolute atomic E-state index is 0.0181. The lowest BCUT2D eigenvalue weighted by molar-refractivity contribution is -0.127. The van der Waals surface area contributed by atoms with Crippen LogP contribution in [0.25, 0.3) is 22.3 Å². The molecule has 1 saturated heterocycles. The van der Waals surface area contributed by atoms with Crippen LogP contribution in [0.5, 0.6) is 11.5 Å². The predicted molar refractivity (Wildman–Crippen MR) is 156 cm³/mol. The van der Waals surface area contributed by atoms with Gasteiger partial charge in [0.2, 0.25) is 5.82 Å². The van der Waals surface area contributed by atoms with Crippen LogP contribution in [-0.2, 0) is 16.1 Å². The molecule has 10 nitrogen and oxygen atoms in total. The molecule has 1 aliphatic heterocycles. The molecule has 2 N–H and O–H groups in total. The van der Waals surface area contributed by atoms with E-state index in [2.05, 4.69) is 15.1 Å². The average Bonchev–Trinajstić information content (AvgIpc) is 3.59. The first-order valence-corrected chi connectivity index (χ1v) is 14.0. The van der Waals surface area contributed by atoms with Gasteiger partial charge in [0, 0.05) is 24.8 Å². The minimum atomic E-state index is -1.19. The topological polar surface area (TPSA) is 132 Å². The number of halogens is 3. The normalized spacial score (nSPS) is 15.5. The Bertz CT molecular complexity index is 1800. The number of aromatic nitrogens is 4. The van der Waals surface area contributed by atoms with Crippen molar-refractivity contribution in [2.24, 2.45) is 0 Å². The first-order valence-electron chi connectivity index (χ1n) is 14.0. The van der Waals surface area contributed by atoms with E-state index in [-0.39, 0.29) is 41.0 Å². The molecule has 0 bridgehead atoms. The SMILES string of the molecule is CCOC(C)(C)/C=C(\C#N)C(=O)N1CCC[C@@H]1Cn1nc(-c2ccc(Oc3cccc(F)c3F)cc2F)c2c(N)ncnc21. The quantitative estimate of drug-likeness (QED) is 0.194. The Morgan fingerprint density at radius 1 is 1.20 bits per heavy atom. The molecule has 4 aromatic rings. The van der Waals surface area contributed by atoms with Gasteiger partial charge in [0.05, 0.1) is 23.6 Å². The molecule has 1 amide bonds. The smallest absolute Gasteiger partial charge is 0.264 e. The molecule has 0 radical (unpaired) electrons. The number of ether oxygens (including phenoxy) is 2. The maximum atomic E-state index is 15.5. The highest BCUT2D eigenvalue weighted by atomic mass is 19.2. The number of nitrogen functional groups attached to an aromatic ring is 1. The van der Waals surface area contributed by atoms with Gasteiger partial charge in [-0.15, -0.1) is 0 Å². The molecule has 13 heteroatoms. The number of benzene rings is 2. The lowest BCUT2D eigenvalue weighted by Gasteiger charge is -2.26. The molecule has 5 rings (SSSR count). The van der Waals surface area contributed by atoms with E-state index in [1.807, 2.05) is 13.0 Å². The molecule has 2 aromatic carbocycles. The van der Waals surface area contributed by atoms with Crippen LogP contribution in [0.15, 0.2) is 54.4 Å². The van der Waals surface area contributed by atoms with Crippen LogP contribution in [0, 0.1) is 28.8 Å². The Hall–Kier alpha value is -4.96. The Morgan fingerprint density at radius 3 is 2.73 bits per heavy atom. The van der Waals surface area contributed by atoms with E-state index >= 15 is 4.39 Å². The lowest BCUT2D eigenvalue weighted by atomic mass is 10.0. The van der Waals surface area contributed by atoms with Gasteiger partial charge in [0.1, 0.15) is 41.0 Å². The summed E-state index contributed by atoms with van der Waals surface area (Å²) < 4.78 is 55.7. The molecule has 228 valence electrons. The summed E-state index contributed by atoms with van der Waals surface area (Å²) in [5.74, 6) is -3.83. The van der Waals surface area contributed by atoms with Crippen molar-refractivity contribution in [1.82, 2.24) is 24.6 Å². The van der Waals surface area contributed by atoms with E-state index in [1.54, 1.807) is 23.4 Å². The highest BCUT2D eigenvalue weighted by Gasteiger charge is 2.33. The zero-order valence-electron chi connectivity index (χ0n) is 24.4. The van der Waals surface area contributed by atoms with Gasteiger partial charge in [-0.2, -0.15) is 14.8 Å². The zero-order chi connectivity index (χ0) is 31.6. The van der Waals surface area contributed by atoms with E-state index in [0.717, 1.165) is 18.6 Å². The standard InChI is InChI=1S/C31H30F3N7O3/c1-4-43-31(2,3)14-18(15-35)30(42)40-12-6-7-19(40)16-41-29-25(28(36)37-17-38-29)27(39-41)21-11-10-20(13-23(21)33)44-24-9-5-8-22(32)26(24)34/h5,8-11,13-14,17,19H,4,6-7,12,16H2,1-3H3,(H2,36,37,38)/b18-14+/t19-/m1/s1. The van der Waals surface area contributed by atoms with E-state index in [9.17, 15) is 18.8 Å². The van der Waals surface area contributed by atoms with Crippen molar-refractivity contribution in [3.05, 3.63) is 71.8 Å². The third-order valence-corrected chi connectivity index (χ3v) is 7.28. The summed E-state index contributed by atoms with van der Waals surface area (Å²) in [6, 6.07) is 8.94. The molecule has 1 atom stereocenters. The molecular weight excluding hydrogens is 575 g/mol. The number of rotatable bonds is 9. The zero-order valence-corrected chi connectivity index (χ0v) is 24.4. The third-order valence-electron chi connectivity index (χ3n) is 7.28. The predicted octanol–water partition coefficient (Wildman–Crippen LogP) is 5.54. The van der Waals surface area contributed by atoms with Crippen molar-refractivity contribution >= 4 is 22.8 Å². The number of fused-ring (bicyclic) bond motifs is 1. The van der Waals surface area contributed by atoms with Gasteiger partial charge in [0.15, 0.2) is 17.2 Å². The van der Waals surface area contributed by atoms with Crippen molar-refractivity contribution in [3.8, 4) is 28.8 Å². The number of nitrogens with two attached hydrogens (primary N) is 1. The number of carbonyl (C=O) groups excluding carboxylic acids is 1. The van der Waals surface area contributed by atoms with Gasteiger partial charge in [-0.05, 0) is 64.0 Å². The number of carbonyl (C=O) groups is 1. The van der Waals surface area contributed by atoms with Crippen LogP contribution in [0.4, 0.5) is 19.0 Å². The summed E-state index contributed by atoms with van der Waals surface area (Å²) in [5, 5.41) is 14.7. The third kappa shape index (κ3) is 6.07. The molecule has 1 fully saturated rings. The van der Waals surface area contributed by atoms with E-state index in [1.165, 1.54) is 36.7 Å². The Balaban J connectivity index is 1.46. The summed E-state index contributed by atoms with van der Waals surface area (Å²) in [4.78, 5) is 23.5. The summed E-state index contributed by atoms with van der Waals surface area (Å²) in [5.41, 5.74) is 5.92. The average molecular weight is 606 g/mol. The number of likely N-dealkylation sites (tertiary alicyclic amines) is 1. The highest BCUT2D eigenvalue weighted by Crippen LogP contribution is 2.35. The Labute approximate surface area is 251 Å². The molecule has 0 aliphatic carbocycles. The minimum Gasteiger partial charge on any atom is -0.454 e. The fourth-order valence-corrected chi connectivity index (χ4v) is 5.34.